The smallest absolute Gasteiger partial charge is 0.330 e. The molecule has 0 N–H and O–H groups in total. The lowest BCUT2D eigenvalue weighted by Gasteiger charge is -2.16. The van der Waals surface area contributed by atoms with Gasteiger partial charge in [-0.2, -0.15) is 0 Å². The molecule has 1 aromatic rings. The van der Waals surface area contributed by atoms with Crippen LogP contribution in [0.5, 0.6) is 5.75 Å². The number of esters is 1. The van der Waals surface area contributed by atoms with Crippen LogP contribution in [0.3, 0.4) is 0 Å². The van der Waals surface area contributed by atoms with Crippen molar-refractivity contribution < 1.29 is 19.0 Å². The van der Waals surface area contributed by atoms with E-state index in [1.807, 2.05) is 32.1 Å². The summed E-state index contributed by atoms with van der Waals surface area (Å²) in [5, 5.41) is 0. The van der Waals surface area contributed by atoms with Crippen molar-refractivity contribution in [1.82, 2.24) is 0 Å². The summed E-state index contributed by atoms with van der Waals surface area (Å²) in [5.74, 6) is 14.6. The highest BCUT2D eigenvalue weighted by Crippen LogP contribution is 2.29. The fourth-order valence-electron chi connectivity index (χ4n) is 4.88. The molecule has 0 aromatic heterocycles. The average Bonchev–Trinajstić information content (AvgIpc) is 3.02. The summed E-state index contributed by atoms with van der Waals surface area (Å²) in [4.78, 5) is 11.0. The van der Waals surface area contributed by atoms with Crippen molar-refractivity contribution in [2.45, 2.75) is 84.7 Å². The first-order chi connectivity index (χ1) is 21.3. The Morgan fingerprint density at radius 2 is 1.68 bits per heavy atom. The molecule has 0 radical (unpaired) electrons. The number of hydrogen-bond acceptors (Lipinski definition) is 4. The normalized spacial score (nSPS) is 13.9. The predicted molar refractivity (Wildman–Crippen MR) is 182 cm³/mol. The standard InChI is InChI=1S/C40H46O4/c1-7-35-27-33(16-14-31(5)13-15-32(6)44-30(3)4)17-20-36(35)21-18-34-19-22-38-29-39(24-23-37(38)28-34)42-25-11-9-10-12-26-43-40(41)8-2/h8,13,15,23-24,27-30H,2,5-7,9-12,17,19-20,22,25-26H2,1,3-4H3/b15-13-. The lowest BCUT2D eigenvalue weighted by Crippen LogP contribution is -2.03. The maximum Gasteiger partial charge on any atom is 0.330 e. The molecule has 4 nitrogen and oxygen atoms in total. The van der Waals surface area contributed by atoms with E-state index < -0.39 is 0 Å². The number of unbranched alkanes of at least 4 members (excludes halogenated alkanes) is 3. The van der Waals surface area contributed by atoms with Crippen LogP contribution < -0.4 is 4.74 Å². The van der Waals surface area contributed by atoms with Crippen molar-refractivity contribution in [3.05, 3.63) is 107 Å². The number of rotatable bonds is 14. The van der Waals surface area contributed by atoms with Crippen LogP contribution in [0, 0.1) is 23.7 Å². The van der Waals surface area contributed by atoms with Crippen LogP contribution in [0.2, 0.25) is 0 Å². The molecule has 0 amide bonds. The van der Waals surface area contributed by atoms with E-state index >= 15 is 0 Å². The molecule has 1 aromatic carbocycles. The predicted octanol–water partition coefficient (Wildman–Crippen LogP) is 9.17. The van der Waals surface area contributed by atoms with Gasteiger partial charge in [-0.15, -0.1) is 0 Å². The summed E-state index contributed by atoms with van der Waals surface area (Å²) in [7, 11) is 0. The highest BCUT2D eigenvalue weighted by atomic mass is 16.5. The lowest BCUT2D eigenvalue weighted by atomic mass is 9.89. The molecule has 0 fully saturated rings. The molecule has 2 aliphatic carbocycles. The second-order valence-electron chi connectivity index (χ2n) is 11.2. The summed E-state index contributed by atoms with van der Waals surface area (Å²) in [6.45, 7) is 18.6. The number of aryl methyl sites for hydroxylation is 1. The Morgan fingerprint density at radius 1 is 0.932 bits per heavy atom. The summed E-state index contributed by atoms with van der Waals surface area (Å²) in [5.41, 5.74) is 8.04. The van der Waals surface area contributed by atoms with Crippen LogP contribution in [-0.2, 0) is 20.7 Å². The molecule has 0 saturated carbocycles. The van der Waals surface area contributed by atoms with Crippen molar-refractivity contribution >= 4 is 12.0 Å². The first-order valence-electron chi connectivity index (χ1n) is 15.7. The minimum Gasteiger partial charge on any atom is -0.494 e. The van der Waals surface area contributed by atoms with Gasteiger partial charge >= 0.3 is 5.97 Å². The molecule has 0 unspecified atom stereocenters. The first kappa shape index (κ1) is 34.1. The zero-order valence-electron chi connectivity index (χ0n) is 26.7. The van der Waals surface area contributed by atoms with E-state index in [9.17, 15) is 4.79 Å². The molecular formula is C40H46O4. The Hall–Kier alpha value is -4.41. The highest BCUT2D eigenvalue weighted by Gasteiger charge is 2.12. The molecule has 0 saturated heterocycles. The average molecular weight is 591 g/mol. The van der Waals surface area contributed by atoms with Gasteiger partial charge in [-0.1, -0.05) is 56.4 Å². The minimum absolute atomic E-state index is 0.0940. The monoisotopic (exact) mass is 590 g/mol. The second-order valence-corrected chi connectivity index (χ2v) is 11.2. The maximum atomic E-state index is 11.0. The van der Waals surface area contributed by atoms with E-state index in [1.54, 1.807) is 0 Å². The molecule has 0 atom stereocenters. The molecule has 0 spiro atoms. The molecule has 44 heavy (non-hydrogen) atoms. The molecule has 0 heterocycles. The van der Waals surface area contributed by atoms with Gasteiger partial charge in [0.1, 0.15) is 11.5 Å². The van der Waals surface area contributed by atoms with Crippen LogP contribution >= 0.6 is 0 Å². The number of allylic oxidation sites excluding steroid dienone is 8. The van der Waals surface area contributed by atoms with Crippen molar-refractivity contribution in [2.24, 2.45) is 0 Å². The highest BCUT2D eigenvalue weighted by molar-refractivity contribution is 5.81. The van der Waals surface area contributed by atoms with Gasteiger partial charge in [0.15, 0.2) is 0 Å². The number of hydrogen-bond donors (Lipinski definition) is 0. The van der Waals surface area contributed by atoms with Crippen LogP contribution in [0.25, 0.3) is 6.08 Å². The van der Waals surface area contributed by atoms with Gasteiger partial charge in [0.2, 0.25) is 0 Å². The van der Waals surface area contributed by atoms with Crippen molar-refractivity contribution in [2.75, 3.05) is 13.2 Å². The number of benzene rings is 1. The van der Waals surface area contributed by atoms with Crippen LogP contribution in [0.15, 0.2) is 95.9 Å². The summed E-state index contributed by atoms with van der Waals surface area (Å²) in [6, 6.07) is 6.35. The maximum absolute atomic E-state index is 11.0. The molecular weight excluding hydrogens is 544 g/mol. The van der Waals surface area contributed by atoms with Gasteiger partial charge in [0.25, 0.3) is 0 Å². The van der Waals surface area contributed by atoms with Crippen molar-refractivity contribution in [3.8, 4) is 29.4 Å². The van der Waals surface area contributed by atoms with Crippen molar-refractivity contribution in [1.29, 1.82) is 0 Å². The number of ether oxygens (including phenoxy) is 3. The molecule has 3 rings (SSSR count). The number of fused-ring (bicyclic) bond motifs is 1. The van der Waals surface area contributed by atoms with Gasteiger partial charge < -0.3 is 14.2 Å². The van der Waals surface area contributed by atoms with E-state index in [-0.39, 0.29) is 12.1 Å². The topological polar surface area (TPSA) is 44.8 Å². The molecule has 230 valence electrons. The Labute approximate surface area is 265 Å². The van der Waals surface area contributed by atoms with Crippen LogP contribution in [-0.4, -0.2) is 25.3 Å². The second kappa shape index (κ2) is 18.3. The van der Waals surface area contributed by atoms with Crippen molar-refractivity contribution in [3.63, 3.8) is 0 Å². The Bertz CT molecular complexity index is 1470. The lowest BCUT2D eigenvalue weighted by molar-refractivity contribution is -0.137. The zero-order valence-corrected chi connectivity index (χ0v) is 26.7. The molecule has 4 heteroatoms. The van der Waals surface area contributed by atoms with E-state index in [0.717, 1.165) is 74.7 Å². The quantitative estimate of drug-likeness (QED) is 0.0541. The van der Waals surface area contributed by atoms with E-state index in [4.69, 9.17) is 14.2 Å². The van der Waals surface area contributed by atoms with Gasteiger partial charge in [-0.3, -0.25) is 0 Å². The minimum atomic E-state index is -0.358. The fourth-order valence-corrected chi connectivity index (χ4v) is 4.88. The van der Waals surface area contributed by atoms with Crippen LogP contribution in [0.4, 0.5) is 0 Å². The van der Waals surface area contributed by atoms with Gasteiger partial charge in [0.05, 0.1) is 19.3 Å². The molecule has 0 aliphatic heterocycles. The molecule has 0 bridgehead atoms. The van der Waals surface area contributed by atoms with Gasteiger partial charge in [-0.25, -0.2) is 4.79 Å². The number of carbonyl (C=O) groups excluding carboxylic acids is 1. The Morgan fingerprint density at radius 3 is 2.43 bits per heavy atom. The third kappa shape index (κ3) is 12.1. The van der Waals surface area contributed by atoms with E-state index in [2.05, 4.69) is 74.6 Å². The summed E-state index contributed by atoms with van der Waals surface area (Å²) >= 11 is 0. The zero-order chi connectivity index (χ0) is 31.7. The van der Waals surface area contributed by atoms with Gasteiger partial charge in [-0.05, 0) is 125 Å². The van der Waals surface area contributed by atoms with E-state index in [1.165, 1.54) is 33.9 Å². The molecule has 2 aliphatic rings. The Balaban J connectivity index is 1.52. The van der Waals surface area contributed by atoms with Crippen LogP contribution in [0.1, 0.15) is 83.3 Å². The summed E-state index contributed by atoms with van der Waals surface area (Å²) < 4.78 is 16.5. The fraction of sp³-hybridized carbons (Fsp3) is 0.375. The van der Waals surface area contributed by atoms with Gasteiger partial charge in [0, 0.05) is 28.4 Å². The third-order valence-corrected chi connectivity index (χ3v) is 7.20. The first-order valence-corrected chi connectivity index (χ1v) is 15.7. The summed E-state index contributed by atoms with van der Waals surface area (Å²) in [6.07, 6.45) is 17.9. The number of carbonyl (C=O) groups is 1. The largest absolute Gasteiger partial charge is 0.494 e. The third-order valence-electron chi connectivity index (χ3n) is 7.20. The SMILES string of the molecule is C=CC(=O)OCCCCCCOc1ccc2c(c1)CCC(C#CC1=C(CC)C=C(C#CC(=C)/C=C\C(=C)OC(C)C)CC1)=C2. The Kier molecular flexibility index (Phi) is 14.2. The van der Waals surface area contributed by atoms with E-state index in [0.29, 0.717) is 19.0 Å².